The highest BCUT2D eigenvalue weighted by atomic mass is 16.4. The van der Waals surface area contributed by atoms with Crippen molar-refractivity contribution in [3.63, 3.8) is 0 Å². The SMILES string of the molecule is CCC(C)(CN1CC(C(C)(C)C)C1)C(=O)O. The summed E-state index contributed by atoms with van der Waals surface area (Å²) in [6.07, 6.45) is 0.693. The van der Waals surface area contributed by atoms with E-state index in [1.165, 1.54) is 0 Å². The lowest BCUT2D eigenvalue weighted by Crippen LogP contribution is -2.56. The third kappa shape index (κ3) is 2.76. The number of hydrogen-bond donors (Lipinski definition) is 1. The molecule has 0 amide bonds. The number of hydrogen-bond acceptors (Lipinski definition) is 2. The molecular formula is C13H25NO2. The predicted molar refractivity (Wildman–Crippen MR) is 65.4 cm³/mol. The molecule has 0 aromatic rings. The second-order valence-corrected chi connectivity index (χ2v) is 6.48. The highest BCUT2D eigenvalue weighted by Gasteiger charge is 2.41. The number of likely N-dealkylation sites (tertiary alicyclic amines) is 1. The number of rotatable bonds is 4. The number of carbonyl (C=O) groups is 1. The fourth-order valence-electron chi connectivity index (χ4n) is 2.07. The van der Waals surface area contributed by atoms with Crippen molar-refractivity contribution in [3.05, 3.63) is 0 Å². The predicted octanol–water partition coefficient (Wildman–Crippen LogP) is 2.47. The summed E-state index contributed by atoms with van der Waals surface area (Å²) >= 11 is 0. The van der Waals surface area contributed by atoms with E-state index in [1.54, 1.807) is 0 Å². The van der Waals surface area contributed by atoms with Crippen LogP contribution in [0.2, 0.25) is 0 Å². The molecule has 0 aliphatic carbocycles. The molecule has 1 fully saturated rings. The fourth-order valence-corrected chi connectivity index (χ4v) is 2.07. The number of aliphatic carboxylic acids is 1. The first-order chi connectivity index (χ1) is 7.19. The number of nitrogens with zero attached hydrogens (tertiary/aromatic N) is 1. The molecule has 1 rings (SSSR count). The van der Waals surface area contributed by atoms with Gasteiger partial charge in [0.25, 0.3) is 0 Å². The normalized spacial score (nSPS) is 22.6. The minimum absolute atomic E-state index is 0.350. The Labute approximate surface area is 98.8 Å². The Hall–Kier alpha value is -0.570. The molecule has 94 valence electrons. The monoisotopic (exact) mass is 227 g/mol. The molecule has 0 aromatic heterocycles. The maximum atomic E-state index is 11.2. The first kappa shape index (κ1) is 13.5. The molecule has 16 heavy (non-hydrogen) atoms. The lowest BCUT2D eigenvalue weighted by molar-refractivity contribution is -0.151. The summed E-state index contributed by atoms with van der Waals surface area (Å²) in [5.41, 5.74) is -0.231. The molecular weight excluding hydrogens is 202 g/mol. The largest absolute Gasteiger partial charge is 0.481 e. The van der Waals surface area contributed by atoms with Crippen LogP contribution in [0.4, 0.5) is 0 Å². The molecule has 0 aromatic carbocycles. The highest BCUT2D eigenvalue weighted by Crippen LogP contribution is 2.35. The van der Waals surface area contributed by atoms with E-state index < -0.39 is 11.4 Å². The van der Waals surface area contributed by atoms with Gasteiger partial charge in [0.2, 0.25) is 0 Å². The van der Waals surface area contributed by atoms with Gasteiger partial charge >= 0.3 is 5.97 Å². The zero-order chi connectivity index (χ0) is 12.6. The van der Waals surface area contributed by atoms with Crippen molar-refractivity contribution in [2.24, 2.45) is 16.7 Å². The summed E-state index contributed by atoms with van der Waals surface area (Å²) < 4.78 is 0. The molecule has 3 heteroatoms. The van der Waals surface area contributed by atoms with Crippen LogP contribution >= 0.6 is 0 Å². The van der Waals surface area contributed by atoms with Gasteiger partial charge < -0.3 is 10.0 Å². The summed E-state index contributed by atoms with van der Waals surface area (Å²) in [5.74, 6) is 0.0385. The first-order valence-electron chi connectivity index (χ1n) is 6.15. The summed E-state index contributed by atoms with van der Waals surface area (Å²) in [6.45, 7) is 13.3. The molecule has 1 aliphatic heterocycles. The minimum Gasteiger partial charge on any atom is -0.481 e. The van der Waals surface area contributed by atoms with Gasteiger partial charge in [0.05, 0.1) is 5.41 Å². The standard InChI is InChI=1S/C13H25NO2/c1-6-13(5,11(15)16)9-14-7-10(8-14)12(2,3)4/h10H,6-9H2,1-5H3,(H,15,16). The van der Waals surface area contributed by atoms with E-state index in [2.05, 4.69) is 25.7 Å². The Balaban J connectivity index is 2.45. The molecule has 1 saturated heterocycles. The van der Waals surface area contributed by atoms with Crippen LogP contribution < -0.4 is 0 Å². The first-order valence-corrected chi connectivity index (χ1v) is 6.15. The molecule has 3 nitrogen and oxygen atoms in total. The van der Waals surface area contributed by atoms with Crippen LogP contribution in [0.1, 0.15) is 41.0 Å². The van der Waals surface area contributed by atoms with Crippen molar-refractivity contribution in [1.82, 2.24) is 4.90 Å². The Kier molecular flexibility index (Phi) is 3.68. The van der Waals surface area contributed by atoms with Gasteiger partial charge in [0.15, 0.2) is 0 Å². The number of carboxylic acid groups (broad SMARTS) is 1. The number of carboxylic acids is 1. The van der Waals surface area contributed by atoms with E-state index >= 15 is 0 Å². The van der Waals surface area contributed by atoms with E-state index in [0.717, 1.165) is 13.1 Å². The summed E-state index contributed by atoms with van der Waals surface area (Å²) in [7, 11) is 0. The van der Waals surface area contributed by atoms with E-state index in [-0.39, 0.29) is 0 Å². The Bertz CT molecular complexity index is 264. The molecule has 0 spiro atoms. The Morgan fingerprint density at radius 1 is 1.31 bits per heavy atom. The summed E-state index contributed by atoms with van der Waals surface area (Å²) in [4.78, 5) is 13.5. The van der Waals surface area contributed by atoms with Crippen LogP contribution in [0.5, 0.6) is 0 Å². The van der Waals surface area contributed by atoms with Gasteiger partial charge in [-0.2, -0.15) is 0 Å². The van der Waals surface area contributed by atoms with E-state index in [0.29, 0.717) is 24.3 Å². The average Bonchev–Trinajstić information content (AvgIpc) is 2.07. The van der Waals surface area contributed by atoms with Crippen LogP contribution in [-0.4, -0.2) is 35.6 Å². The van der Waals surface area contributed by atoms with Crippen LogP contribution in [0, 0.1) is 16.7 Å². The van der Waals surface area contributed by atoms with Gasteiger partial charge in [-0.25, -0.2) is 0 Å². The minimum atomic E-state index is -0.672. The van der Waals surface area contributed by atoms with E-state index in [4.69, 9.17) is 0 Å². The second-order valence-electron chi connectivity index (χ2n) is 6.48. The van der Waals surface area contributed by atoms with Crippen molar-refractivity contribution in [2.75, 3.05) is 19.6 Å². The smallest absolute Gasteiger partial charge is 0.310 e. The Morgan fingerprint density at radius 2 is 1.81 bits per heavy atom. The van der Waals surface area contributed by atoms with Crippen molar-refractivity contribution >= 4 is 5.97 Å². The Morgan fingerprint density at radius 3 is 2.12 bits per heavy atom. The van der Waals surface area contributed by atoms with E-state index in [9.17, 15) is 9.90 Å². The maximum Gasteiger partial charge on any atom is 0.310 e. The molecule has 0 bridgehead atoms. The third-order valence-corrected chi connectivity index (χ3v) is 4.05. The third-order valence-electron chi connectivity index (χ3n) is 4.05. The lowest BCUT2D eigenvalue weighted by atomic mass is 9.74. The quantitative estimate of drug-likeness (QED) is 0.802. The van der Waals surface area contributed by atoms with Gasteiger partial charge in [-0.1, -0.05) is 27.7 Å². The van der Waals surface area contributed by atoms with Crippen molar-refractivity contribution < 1.29 is 9.90 Å². The van der Waals surface area contributed by atoms with Crippen molar-refractivity contribution in [2.45, 2.75) is 41.0 Å². The second kappa shape index (κ2) is 4.36. The van der Waals surface area contributed by atoms with Crippen molar-refractivity contribution in [1.29, 1.82) is 0 Å². The summed E-state index contributed by atoms with van der Waals surface area (Å²) in [5, 5.41) is 9.20. The van der Waals surface area contributed by atoms with E-state index in [1.807, 2.05) is 13.8 Å². The zero-order valence-corrected chi connectivity index (χ0v) is 11.2. The van der Waals surface area contributed by atoms with Gasteiger partial charge in [-0.15, -0.1) is 0 Å². The van der Waals surface area contributed by atoms with Crippen molar-refractivity contribution in [3.8, 4) is 0 Å². The topological polar surface area (TPSA) is 40.5 Å². The molecule has 1 aliphatic rings. The summed E-state index contributed by atoms with van der Waals surface area (Å²) in [6, 6.07) is 0. The highest BCUT2D eigenvalue weighted by molar-refractivity contribution is 5.74. The lowest BCUT2D eigenvalue weighted by Gasteiger charge is -2.48. The molecule has 0 radical (unpaired) electrons. The maximum absolute atomic E-state index is 11.2. The van der Waals surface area contributed by atoms with Gasteiger partial charge in [-0.3, -0.25) is 4.79 Å². The molecule has 1 atom stereocenters. The van der Waals surface area contributed by atoms with Gasteiger partial charge in [0.1, 0.15) is 0 Å². The van der Waals surface area contributed by atoms with Gasteiger partial charge in [0, 0.05) is 19.6 Å². The van der Waals surface area contributed by atoms with Crippen LogP contribution in [0.3, 0.4) is 0 Å². The molecule has 1 heterocycles. The van der Waals surface area contributed by atoms with Gasteiger partial charge in [-0.05, 0) is 24.7 Å². The molecule has 1 N–H and O–H groups in total. The molecule has 0 saturated carbocycles. The zero-order valence-electron chi connectivity index (χ0n) is 11.2. The van der Waals surface area contributed by atoms with Crippen LogP contribution in [0.15, 0.2) is 0 Å². The molecule has 1 unspecified atom stereocenters. The average molecular weight is 227 g/mol. The fraction of sp³-hybridized carbons (Fsp3) is 0.923. The van der Waals surface area contributed by atoms with Crippen LogP contribution in [-0.2, 0) is 4.79 Å². The van der Waals surface area contributed by atoms with Crippen LogP contribution in [0.25, 0.3) is 0 Å².